The molecule has 6 rings (SSSR count). The van der Waals surface area contributed by atoms with Crippen molar-refractivity contribution in [3.05, 3.63) is 161 Å². The Bertz CT molecular complexity index is 1890. The minimum absolute atomic E-state index is 0. The van der Waals surface area contributed by atoms with E-state index in [2.05, 4.69) is 158 Å². The van der Waals surface area contributed by atoms with E-state index in [0.717, 1.165) is 5.56 Å². The van der Waals surface area contributed by atoms with Gasteiger partial charge in [0.1, 0.15) is 13.2 Å². The molecular weight excluding hydrogens is 902 g/mol. The van der Waals surface area contributed by atoms with Gasteiger partial charge in [0.15, 0.2) is 0 Å². The second-order valence-corrected chi connectivity index (χ2v) is 16.6. The molecule has 0 unspecified atom stereocenters. The molecule has 0 aliphatic carbocycles. The maximum Gasteiger partial charge on any atom is 0.508 e. The van der Waals surface area contributed by atoms with Crippen LogP contribution in [0.2, 0.25) is 0 Å². The number of carbonyl (C=O) groups excluding carboxylic acids is 1. The summed E-state index contributed by atoms with van der Waals surface area (Å²) >= 11 is 0. The van der Waals surface area contributed by atoms with Crippen molar-refractivity contribution in [2.45, 2.75) is 113 Å². The van der Waals surface area contributed by atoms with E-state index in [1.54, 1.807) is 0 Å². The molecule has 315 valence electrons. The first-order chi connectivity index (χ1) is 27.1. The third-order valence-corrected chi connectivity index (χ3v) is 10.5. The zero-order chi connectivity index (χ0) is 41.4. The number of rotatable bonds is 12. The molecule has 4 aromatic carbocycles. The third-order valence-electron chi connectivity index (χ3n) is 10.5. The minimum atomic E-state index is -0.647. The Kier molecular flexibility index (Phi) is 16.8. The van der Waals surface area contributed by atoms with Crippen molar-refractivity contribution in [1.29, 1.82) is 0 Å². The molecule has 58 heavy (non-hydrogen) atoms. The van der Waals surface area contributed by atoms with Crippen LogP contribution in [0.4, 0.5) is 21.9 Å². The Balaban J connectivity index is 0.000000252. The zero-order valence-electron chi connectivity index (χ0n) is 36.6. The Morgan fingerprint density at radius 2 is 0.983 bits per heavy atom. The molecule has 0 saturated carbocycles. The SMILES string of the molecule is CC(C)c1cccc(C(C)C)c1N1C=CN(c2c(C(C)C)cccc2C(C)C)[CH-]1.Cc1ccc(COC(=O)OCCN2C=CN(c3c(C)cc(C)cc3C)[CH-]2)cc1.[Au]. The van der Waals surface area contributed by atoms with E-state index < -0.39 is 6.16 Å². The van der Waals surface area contributed by atoms with E-state index in [4.69, 9.17) is 9.47 Å². The molecule has 7 nitrogen and oxygen atoms in total. The Morgan fingerprint density at radius 1 is 0.552 bits per heavy atom. The van der Waals surface area contributed by atoms with Gasteiger partial charge in [-0.05, 0) is 115 Å². The molecule has 0 aromatic heterocycles. The topological polar surface area (TPSA) is 48.5 Å². The summed E-state index contributed by atoms with van der Waals surface area (Å²) in [5.41, 5.74) is 15.3. The fourth-order valence-electron chi connectivity index (χ4n) is 7.58. The summed E-state index contributed by atoms with van der Waals surface area (Å²) in [4.78, 5) is 20.5. The number of benzene rings is 4. The fraction of sp³-hybridized carbons (Fsp3) is 0.380. The van der Waals surface area contributed by atoms with E-state index >= 15 is 0 Å². The molecule has 0 spiro atoms. The number of ether oxygens (including phenoxy) is 2. The molecule has 2 heterocycles. The Morgan fingerprint density at radius 3 is 1.43 bits per heavy atom. The van der Waals surface area contributed by atoms with Gasteiger partial charge < -0.3 is 29.1 Å². The monoisotopic (exact) mass is 965 g/mol. The first kappa shape index (κ1) is 46.3. The molecule has 4 aromatic rings. The minimum Gasteiger partial charge on any atom is -0.505 e. The van der Waals surface area contributed by atoms with E-state index in [0.29, 0.717) is 30.2 Å². The van der Waals surface area contributed by atoms with Crippen LogP contribution in [-0.2, 0) is 38.5 Å². The number of anilines is 3. The van der Waals surface area contributed by atoms with Gasteiger partial charge in [0.25, 0.3) is 0 Å². The summed E-state index contributed by atoms with van der Waals surface area (Å²) < 4.78 is 10.3. The van der Waals surface area contributed by atoms with Gasteiger partial charge in [-0.1, -0.05) is 139 Å². The number of para-hydroxylation sites is 2. The number of carbonyl (C=O) groups is 1. The smallest absolute Gasteiger partial charge is 0.505 e. The second kappa shape index (κ2) is 21.0. The molecule has 8 heteroatoms. The number of nitrogens with zero attached hydrogens (tertiary/aromatic N) is 4. The molecule has 2 aliphatic heterocycles. The maximum atomic E-state index is 11.8. The van der Waals surface area contributed by atoms with Crippen LogP contribution in [0.5, 0.6) is 0 Å². The van der Waals surface area contributed by atoms with Crippen molar-refractivity contribution in [2.24, 2.45) is 0 Å². The van der Waals surface area contributed by atoms with Crippen molar-refractivity contribution in [3.63, 3.8) is 0 Å². The molecule has 2 aliphatic rings. The average Bonchev–Trinajstić information content (AvgIpc) is 3.84. The zero-order valence-corrected chi connectivity index (χ0v) is 38.8. The van der Waals surface area contributed by atoms with E-state index in [1.165, 1.54) is 61.6 Å². The van der Waals surface area contributed by atoms with Crippen molar-refractivity contribution in [1.82, 2.24) is 4.90 Å². The van der Waals surface area contributed by atoms with E-state index in [9.17, 15) is 4.79 Å². The Labute approximate surface area is 365 Å². The third kappa shape index (κ3) is 11.6. The largest absolute Gasteiger partial charge is 0.508 e. The van der Waals surface area contributed by atoms with Gasteiger partial charge in [0.05, 0.1) is 0 Å². The van der Waals surface area contributed by atoms with Gasteiger partial charge >= 0.3 is 6.16 Å². The summed E-state index contributed by atoms with van der Waals surface area (Å²) in [6, 6.07) is 25.7. The number of hydrogen-bond acceptors (Lipinski definition) is 7. The first-order valence-electron chi connectivity index (χ1n) is 20.5. The first-order valence-corrected chi connectivity index (χ1v) is 20.5. The van der Waals surface area contributed by atoms with Crippen LogP contribution in [0.3, 0.4) is 0 Å². The molecule has 0 saturated heterocycles. The quantitative estimate of drug-likeness (QED) is 0.0796. The van der Waals surface area contributed by atoms with Crippen LogP contribution in [0, 0.1) is 41.0 Å². The van der Waals surface area contributed by atoms with Gasteiger partial charge in [0, 0.05) is 46.0 Å². The molecule has 0 amide bonds. The predicted octanol–water partition coefficient (Wildman–Crippen LogP) is 13.1. The van der Waals surface area contributed by atoms with Crippen molar-refractivity contribution in [2.75, 3.05) is 27.9 Å². The van der Waals surface area contributed by atoms with Crippen LogP contribution in [0.15, 0.2) is 97.6 Å². The summed E-state index contributed by atoms with van der Waals surface area (Å²) in [5.74, 6) is 1.92. The van der Waals surface area contributed by atoms with Crippen LogP contribution >= 0.6 is 0 Å². The van der Waals surface area contributed by atoms with E-state index in [1.807, 2.05) is 55.2 Å². The van der Waals surface area contributed by atoms with E-state index in [-0.39, 0.29) is 35.6 Å². The fourth-order valence-corrected chi connectivity index (χ4v) is 7.58. The van der Waals surface area contributed by atoms with Crippen LogP contribution in [0.25, 0.3) is 0 Å². The summed E-state index contributed by atoms with van der Waals surface area (Å²) in [7, 11) is 0. The van der Waals surface area contributed by atoms with Crippen molar-refractivity contribution < 1.29 is 36.6 Å². The molecule has 0 N–H and O–H groups in total. The van der Waals surface area contributed by atoms with Crippen LogP contribution < -0.4 is 14.7 Å². The van der Waals surface area contributed by atoms with Gasteiger partial charge in [-0.25, -0.2) is 4.79 Å². The van der Waals surface area contributed by atoms with Crippen molar-refractivity contribution in [3.8, 4) is 0 Å². The summed E-state index contributed by atoms with van der Waals surface area (Å²) in [5, 5.41) is 0. The predicted molar refractivity (Wildman–Crippen MR) is 238 cm³/mol. The Hall–Kier alpha value is -4.43. The molecule has 0 fully saturated rings. The number of aryl methyl sites for hydroxylation is 4. The number of hydrogen-bond donors (Lipinski definition) is 0. The maximum absolute atomic E-state index is 11.8. The normalized spacial score (nSPS) is 13.5. The summed E-state index contributed by atoms with van der Waals surface area (Å²) in [6.45, 7) is 31.9. The van der Waals surface area contributed by atoms with Gasteiger partial charge in [-0.15, -0.1) is 6.67 Å². The van der Waals surface area contributed by atoms with Gasteiger partial charge in [-0.2, -0.15) is 6.67 Å². The molecular formula is C50H64AuN4O3-2. The van der Waals surface area contributed by atoms with Crippen molar-refractivity contribution >= 4 is 23.2 Å². The van der Waals surface area contributed by atoms with Gasteiger partial charge in [0.2, 0.25) is 0 Å². The van der Waals surface area contributed by atoms with Crippen LogP contribution in [0.1, 0.15) is 129 Å². The molecule has 0 bridgehead atoms. The standard InChI is InChI=1S/C27H37N2.C23H27N2O3.Au/c1-18(2)22-11-9-12-23(19(3)4)26(22)28-15-16-29(17-28)27-24(20(5)6)13-10-14-25(27)21(7)8;1-17-5-7-21(8-6-17)15-28-23(26)27-12-11-24-9-10-25(16-24)22-19(3)13-18(2)14-20(22)4;/h9-21H,1-8H3;5-10,13-14,16H,11-12,15H2,1-4H3;/q2*-1;. The summed E-state index contributed by atoms with van der Waals surface area (Å²) in [6.07, 6.45) is 7.77. The van der Waals surface area contributed by atoms with Gasteiger partial charge in [-0.3, -0.25) is 0 Å². The molecule has 1 radical (unpaired) electrons. The van der Waals surface area contributed by atoms with Crippen LogP contribution in [-0.4, -0.2) is 24.2 Å². The average molecular weight is 966 g/mol. The second-order valence-electron chi connectivity index (χ2n) is 16.6. The molecule has 0 atom stereocenters.